The largest absolute Gasteiger partial charge is 0.343 e. The molecule has 0 atom stereocenters. The van der Waals surface area contributed by atoms with Crippen LogP contribution in [0.15, 0.2) is 17.1 Å². The van der Waals surface area contributed by atoms with E-state index in [1.165, 1.54) is 6.39 Å². The van der Waals surface area contributed by atoms with E-state index in [1.54, 1.807) is 10.9 Å². The minimum Gasteiger partial charge on any atom is -0.343 e. The van der Waals surface area contributed by atoms with Crippen molar-refractivity contribution in [2.45, 2.75) is 25.4 Å². The Balaban J connectivity index is 1.59. The van der Waals surface area contributed by atoms with Gasteiger partial charge in [-0.25, -0.2) is 4.68 Å². The van der Waals surface area contributed by atoms with Gasteiger partial charge in [0.2, 0.25) is 6.39 Å². The molecule has 0 radical (unpaired) electrons. The highest BCUT2D eigenvalue weighted by Crippen LogP contribution is 2.16. The van der Waals surface area contributed by atoms with Crippen molar-refractivity contribution in [3.8, 4) is 0 Å². The Bertz CT molecular complexity index is 559. The number of piperidine rings is 1. The first-order valence-electron chi connectivity index (χ1n) is 6.49. The fraction of sp³-hybridized carbons (Fsp3) is 0.545. The molecule has 0 spiro atoms. The third-order valence-electron chi connectivity index (χ3n) is 3.24. The minimum absolute atomic E-state index is 0.204. The van der Waals surface area contributed by atoms with Crippen molar-refractivity contribution in [3.05, 3.63) is 24.1 Å². The number of rotatable bonds is 4. The van der Waals surface area contributed by atoms with E-state index in [1.807, 2.05) is 0 Å². The zero-order valence-electron chi connectivity index (χ0n) is 10.8. The summed E-state index contributed by atoms with van der Waals surface area (Å²) in [5, 5.41) is 17.5. The summed E-state index contributed by atoms with van der Waals surface area (Å²) in [6, 6.07) is 0.308. The summed E-state index contributed by atoms with van der Waals surface area (Å²) in [7, 11) is 0. The maximum Gasteiger partial charge on any atom is 0.273 e. The SMILES string of the molecule is O=C(NCc1ncon1)c1cn(C2CCNCC2)nn1. The number of carbonyl (C=O) groups excluding carboxylic acids is 1. The fourth-order valence-electron chi connectivity index (χ4n) is 2.15. The first kappa shape index (κ1) is 12.7. The van der Waals surface area contributed by atoms with Crippen molar-refractivity contribution in [2.24, 2.45) is 0 Å². The number of nitrogens with one attached hydrogen (secondary N) is 2. The molecule has 3 rings (SSSR count). The van der Waals surface area contributed by atoms with Gasteiger partial charge in [-0.2, -0.15) is 4.98 Å². The van der Waals surface area contributed by atoms with Crippen molar-refractivity contribution in [1.29, 1.82) is 0 Å². The molecule has 0 unspecified atom stereocenters. The van der Waals surface area contributed by atoms with Gasteiger partial charge in [-0.1, -0.05) is 10.4 Å². The first-order chi connectivity index (χ1) is 9.83. The van der Waals surface area contributed by atoms with Gasteiger partial charge in [0.05, 0.1) is 18.8 Å². The summed E-state index contributed by atoms with van der Waals surface area (Å²) in [5.74, 6) is 0.124. The summed E-state index contributed by atoms with van der Waals surface area (Å²) >= 11 is 0. The molecule has 106 valence electrons. The Kier molecular flexibility index (Phi) is 3.68. The van der Waals surface area contributed by atoms with Gasteiger partial charge in [0.25, 0.3) is 5.91 Å². The second-order valence-corrected chi connectivity index (χ2v) is 4.60. The van der Waals surface area contributed by atoms with Crippen LogP contribution in [0.25, 0.3) is 0 Å². The van der Waals surface area contributed by atoms with Crippen LogP contribution in [0.2, 0.25) is 0 Å². The molecule has 2 N–H and O–H groups in total. The molecule has 1 saturated heterocycles. The average Bonchev–Trinajstić information content (AvgIpc) is 3.17. The summed E-state index contributed by atoms with van der Waals surface area (Å²) in [6.45, 7) is 2.13. The molecule has 1 aliphatic rings. The molecule has 0 aliphatic carbocycles. The topological polar surface area (TPSA) is 111 Å². The third-order valence-corrected chi connectivity index (χ3v) is 3.24. The van der Waals surface area contributed by atoms with E-state index < -0.39 is 0 Å². The van der Waals surface area contributed by atoms with Gasteiger partial charge in [-0.15, -0.1) is 5.10 Å². The zero-order valence-corrected chi connectivity index (χ0v) is 10.8. The van der Waals surface area contributed by atoms with Gasteiger partial charge in [0.15, 0.2) is 11.5 Å². The summed E-state index contributed by atoms with van der Waals surface area (Å²) in [6.07, 6.45) is 4.89. The highest BCUT2D eigenvalue weighted by atomic mass is 16.5. The number of hydrogen-bond donors (Lipinski definition) is 2. The lowest BCUT2D eigenvalue weighted by Gasteiger charge is -2.22. The van der Waals surface area contributed by atoms with E-state index in [-0.39, 0.29) is 12.5 Å². The lowest BCUT2D eigenvalue weighted by Crippen LogP contribution is -2.29. The molecular formula is C11H15N7O2. The van der Waals surface area contributed by atoms with Gasteiger partial charge < -0.3 is 15.2 Å². The maximum absolute atomic E-state index is 11.9. The van der Waals surface area contributed by atoms with E-state index in [2.05, 4.69) is 35.6 Å². The number of amides is 1. The molecule has 9 nitrogen and oxygen atoms in total. The molecule has 3 heterocycles. The summed E-state index contributed by atoms with van der Waals surface area (Å²) < 4.78 is 6.35. The minimum atomic E-state index is -0.296. The van der Waals surface area contributed by atoms with E-state index in [0.29, 0.717) is 17.6 Å². The fourth-order valence-corrected chi connectivity index (χ4v) is 2.15. The quantitative estimate of drug-likeness (QED) is 0.776. The van der Waals surface area contributed by atoms with E-state index >= 15 is 0 Å². The van der Waals surface area contributed by atoms with Crippen LogP contribution in [-0.4, -0.2) is 44.1 Å². The number of carbonyl (C=O) groups is 1. The molecule has 20 heavy (non-hydrogen) atoms. The molecule has 2 aromatic heterocycles. The standard InChI is InChI=1S/C11H15N7O2/c19-11(13-5-10-14-7-20-16-10)9-6-18(17-15-9)8-1-3-12-4-2-8/h6-8,12H,1-5H2,(H,13,19). The maximum atomic E-state index is 11.9. The molecule has 1 aliphatic heterocycles. The lowest BCUT2D eigenvalue weighted by atomic mass is 10.1. The Labute approximate surface area is 114 Å². The molecule has 0 saturated carbocycles. The van der Waals surface area contributed by atoms with E-state index in [0.717, 1.165) is 25.9 Å². The van der Waals surface area contributed by atoms with Gasteiger partial charge in [0.1, 0.15) is 0 Å². The van der Waals surface area contributed by atoms with Crippen LogP contribution in [0.4, 0.5) is 0 Å². The zero-order chi connectivity index (χ0) is 13.8. The van der Waals surface area contributed by atoms with Crippen LogP contribution in [0, 0.1) is 0 Å². The Morgan fingerprint density at radius 2 is 2.35 bits per heavy atom. The Hall–Kier alpha value is -2.29. The van der Waals surface area contributed by atoms with Gasteiger partial charge in [-0.3, -0.25) is 4.79 Å². The van der Waals surface area contributed by atoms with E-state index in [4.69, 9.17) is 0 Å². The molecule has 2 aromatic rings. The van der Waals surface area contributed by atoms with Crippen LogP contribution in [0.3, 0.4) is 0 Å². The van der Waals surface area contributed by atoms with Crippen molar-refractivity contribution in [3.63, 3.8) is 0 Å². The van der Waals surface area contributed by atoms with Crippen molar-refractivity contribution >= 4 is 5.91 Å². The second kappa shape index (κ2) is 5.78. The molecule has 1 amide bonds. The van der Waals surface area contributed by atoms with Crippen LogP contribution < -0.4 is 10.6 Å². The molecule has 0 bridgehead atoms. The first-order valence-corrected chi connectivity index (χ1v) is 6.49. The monoisotopic (exact) mass is 277 g/mol. The van der Waals surface area contributed by atoms with Crippen LogP contribution in [0.5, 0.6) is 0 Å². The average molecular weight is 277 g/mol. The predicted molar refractivity (Wildman–Crippen MR) is 66.6 cm³/mol. The Morgan fingerprint density at radius 1 is 1.50 bits per heavy atom. The van der Waals surface area contributed by atoms with Gasteiger partial charge in [-0.05, 0) is 25.9 Å². The highest BCUT2D eigenvalue weighted by molar-refractivity contribution is 5.91. The number of aromatic nitrogens is 5. The molecular weight excluding hydrogens is 262 g/mol. The molecule has 0 aromatic carbocycles. The van der Waals surface area contributed by atoms with E-state index in [9.17, 15) is 4.79 Å². The van der Waals surface area contributed by atoms with Crippen LogP contribution in [-0.2, 0) is 6.54 Å². The lowest BCUT2D eigenvalue weighted by molar-refractivity contribution is 0.0944. The van der Waals surface area contributed by atoms with Gasteiger partial charge in [0, 0.05) is 0 Å². The second-order valence-electron chi connectivity index (χ2n) is 4.60. The predicted octanol–water partition coefficient (Wildman–Crippen LogP) is -0.484. The number of nitrogens with zero attached hydrogens (tertiary/aromatic N) is 5. The molecule has 9 heteroatoms. The van der Waals surface area contributed by atoms with Crippen molar-refractivity contribution < 1.29 is 9.32 Å². The van der Waals surface area contributed by atoms with Crippen LogP contribution >= 0.6 is 0 Å². The number of hydrogen-bond acceptors (Lipinski definition) is 7. The molecule has 1 fully saturated rings. The summed E-state index contributed by atoms with van der Waals surface area (Å²) in [4.78, 5) is 15.7. The Morgan fingerprint density at radius 3 is 3.10 bits per heavy atom. The van der Waals surface area contributed by atoms with Crippen molar-refractivity contribution in [2.75, 3.05) is 13.1 Å². The summed E-state index contributed by atoms with van der Waals surface area (Å²) in [5.41, 5.74) is 0.298. The normalized spacial score (nSPS) is 16.2. The van der Waals surface area contributed by atoms with Gasteiger partial charge >= 0.3 is 0 Å². The highest BCUT2D eigenvalue weighted by Gasteiger charge is 2.18. The van der Waals surface area contributed by atoms with Crippen molar-refractivity contribution in [1.82, 2.24) is 35.8 Å². The van der Waals surface area contributed by atoms with Crippen LogP contribution in [0.1, 0.15) is 35.2 Å². The smallest absolute Gasteiger partial charge is 0.273 e. The third kappa shape index (κ3) is 2.82.